The molecule has 0 saturated carbocycles. The molecule has 154 valence electrons. The SMILES string of the molecule is CCOC(=O)N1CCC(NC(=O)C(C)(C)C(=O)NCc2ccccc2C)CC1. The van der Waals surface area contributed by atoms with Gasteiger partial charge in [-0.25, -0.2) is 4.79 Å². The highest BCUT2D eigenvalue weighted by atomic mass is 16.6. The van der Waals surface area contributed by atoms with Gasteiger partial charge in [0.05, 0.1) is 6.61 Å². The highest BCUT2D eigenvalue weighted by Crippen LogP contribution is 2.19. The Hall–Kier alpha value is -2.57. The number of amides is 3. The summed E-state index contributed by atoms with van der Waals surface area (Å²) in [5.41, 5.74) is 0.942. The van der Waals surface area contributed by atoms with Crippen molar-refractivity contribution in [3.05, 3.63) is 35.4 Å². The van der Waals surface area contributed by atoms with Crippen molar-refractivity contribution < 1.29 is 19.1 Å². The van der Waals surface area contributed by atoms with Crippen LogP contribution in [0.5, 0.6) is 0 Å². The lowest BCUT2D eigenvalue weighted by atomic mass is 9.90. The second-order valence-corrected chi connectivity index (χ2v) is 7.67. The van der Waals surface area contributed by atoms with Crippen LogP contribution >= 0.6 is 0 Å². The maximum atomic E-state index is 12.7. The number of benzene rings is 1. The van der Waals surface area contributed by atoms with E-state index in [1.165, 1.54) is 0 Å². The molecule has 1 saturated heterocycles. The number of rotatable bonds is 6. The van der Waals surface area contributed by atoms with Crippen molar-refractivity contribution >= 4 is 17.9 Å². The fourth-order valence-corrected chi connectivity index (χ4v) is 3.10. The van der Waals surface area contributed by atoms with E-state index in [0.717, 1.165) is 11.1 Å². The molecule has 1 fully saturated rings. The summed E-state index contributed by atoms with van der Waals surface area (Å²) in [5.74, 6) is -0.610. The Morgan fingerprint density at radius 2 is 1.79 bits per heavy atom. The number of nitrogens with zero attached hydrogens (tertiary/aromatic N) is 1. The lowest BCUT2D eigenvalue weighted by Gasteiger charge is -2.33. The predicted molar refractivity (Wildman–Crippen MR) is 107 cm³/mol. The van der Waals surface area contributed by atoms with Gasteiger partial charge in [0.15, 0.2) is 0 Å². The first-order valence-electron chi connectivity index (χ1n) is 9.81. The Balaban J connectivity index is 1.84. The first-order valence-corrected chi connectivity index (χ1v) is 9.81. The Bertz CT molecular complexity index is 709. The molecular formula is C21H31N3O4. The van der Waals surface area contributed by atoms with E-state index in [1.807, 2.05) is 31.2 Å². The van der Waals surface area contributed by atoms with Gasteiger partial charge in [-0.15, -0.1) is 0 Å². The van der Waals surface area contributed by atoms with Crippen molar-refractivity contribution in [2.45, 2.75) is 53.1 Å². The molecule has 0 aromatic heterocycles. The molecule has 0 unspecified atom stereocenters. The summed E-state index contributed by atoms with van der Waals surface area (Å²) in [6.45, 7) is 8.82. The van der Waals surface area contributed by atoms with Crippen molar-refractivity contribution in [3.63, 3.8) is 0 Å². The minimum atomic E-state index is -1.18. The number of piperidine rings is 1. The molecule has 7 heteroatoms. The van der Waals surface area contributed by atoms with E-state index in [9.17, 15) is 14.4 Å². The molecule has 1 aromatic rings. The predicted octanol–water partition coefficient (Wildman–Crippen LogP) is 2.37. The summed E-state index contributed by atoms with van der Waals surface area (Å²) >= 11 is 0. The molecule has 0 aliphatic carbocycles. The molecule has 1 aromatic carbocycles. The van der Waals surface area contributed by atoms with Crippen LogP contribution in [0.3, 0.4) is 0 Å². The van der Waals surface area contributed by atoms with Gasteiger partial charge in [0.25, 0.3) is 0 Å². The first kappa shape index (κ1) is 21.7. The summed E-state index contributed by atoms with van der Waals surface area (Å²) in [5, 5.41) is 5.83. The van der Waals surface area contributed by atoms with Gasteiger partial charge in [0.1, 0.15) is 5.41 Å². The Labute approximate surface area is 166 Å². The van der Waals surface area contributed by atoms with E-state index in [2.05, 4.69) is 10.6 Å². The smallest absolute Gasteiger partial charge is 0.409 e. The molecule has 28 heavy (non-hydrogen) atoms. The molecule has 0 atom stereocenters. The minimum Gasteiger partial charge on any atom is -0.450 e. The van der Waals surface area contributed by atoms with Gasteiger partial charge >= 0.3 is 6.09 Å². The second kappa shape index (κ2) is 9.57. The number of nitrogens with one attached hydrogen (secondary N) is 2. The fraction of sp³-hybridized carbons (Fsp3) is 0.571. The van der Waals surface area contributed by atoms with Crippen LogP contribution in [0.1, 0.15) is 44.7 Å². The van der Waals surface area contributed by atoms with Crippen molar-refractivity contribution in [2.24, 2.45) is 5.41 Å². The monoisotopic (exact) mass is 389 g/mol. The van der Waals surface area contributed by atoms with E-state index in [1.54, 1.807) is 25.7 Å². The van der Waals surface area contributed by atoms with Gasteiger partial charge in [-0.05, 0) is 51.7 Å². The number of hydrogen-bond acceptors (Lipinski definition) is 4. The quantitative estimate of drug-likeness (QED) is 0.731. The zero-order valence-electron chi connectivity index (χ0n) is 17.2. The largest absolute Gasteiger partial charge is 0.450 e. The number of aryl methyl sites for hydroxylation is 1. The van der Waals surface area contributed by atoms with E-state index >= 15 is 0 Å². The maximum Gasteiger partial charge on any atom is 0.409 e. The summed E-state index contributed by atoms with van der Waals surface area (Å²) in [6, 6.07) is 7.77. The third kappa shape index (κ3) is 5.47. The molecule has 0 bridgehead atoms. The third-order valence-electron chi connectivity index (χ3n) is 5.19. The van der Waals surface area contributed by atoms with Crippen LogP contribution in [0.2, 0.25) is 0 Å². The fourth-order valence-electron chi connectivity index (χ4n) is 3.10. The van der Waals surface area contributed by atoms with Crippen LogP contribution in [-0.2, 0) is 20.9 Å². The van der Waals surface area contributed by atoms with Crippen LogP contribution in [0, 0.1) is 12.3 Å². The van der Waals surface area contributed by atoms with Crippen LogP contribution < -0.4 is 10.6 Å². The van der Waals surface area contributed by atoms with Crippen LogP contribution in [0.4, 0.5) is 4.79 Å². The summed E-state index contributed by atoms with van der Waals surface area (Å²) < 4.78 is 5.00. The zero-order valence-corrected chi connectivity index (χ0v) is 17.2. The highest BCUT2D eigenvalue weighted by Gasteiger charge is 2.37. The average molecular weight is 389 g/mol. The van der Waals surface area contributed by atoms with E-state index < -0.39 is 5.41 Å². The van der Waals surface area contributed by atoms with Gasteiger partial charge in [0.2, 0.25) is 11.8 Å². The van der Waals surface area contributed by atoms with Crippen molar-refractivity contribution in [2.75, 3.05) is 19.7 Å². The summed E-state index contributed by atoms with van der Waals surface area (Å²) in [7, 11) is 0. The Morgan fingerprint density at radius 1 is 1.14 bits per heavy atom. The molecule has 3 amide bonds. The van der Waals surface area contributed by atoms with E-state index in [-0.39, 0.29) is 23.9 Å². The van der Waals surface area contributed by atoms with Crippen LogP contribution in [0.15, 0.2) is 24.3 Å². The van der Waals surface area contributed by atoms with Crippen LogP contribution in [0.25, 0.3) is 0 Å². The Morgan fingerprint density at radius 3 is 2.39 bits per heavy atom. The summed E-state index contributed by atoms with van der Waals surface area (Å²) in [6.07, 6.45) is 0.972. The number of hydrogen-bond donors (Lipinski definition) is 2. The average Bonchev–Trinajstić information content (AvgIpc) is 2.67. The number of ether oxygens (including phenoxy) is 1. The molecule has 0 spiro atoms. The van der Waals surface area contributed by atoms with Gasteiger partial charge in [0, 0.05) is 25.7 Å². The van der Waals surface area contributed by atoms with Gasteiger partial charge < -0.3 is 20.3 Å². The lowest BCUT2D eigenvalue weighted by molar-refractivity contribution is -0.142. The maximum absolute atomic E-state index is 12.7. The molecule has 1 aliphatic heterocycles. The molecule has 7 nitrogen and oxygen atoms in total. The van der Waals surface area contributed by atoms with Crippen LogP contribution in [-0.4, -0.2) is 48.5 Å². The van der Waals surface area contributed by atoms with E-state index in [0.29, 0.717) is 39.1 Å². The van der Waals surface area contributed by atoms with E-state index in [4.69, 9.17) is 4.74 Å². The molecule has 0 radical (unpaired) electrons. The molecule has 1 aliphatic rings. The van der Waals surface area contributed by atoms with Gasteiger partial charge in [-0.2, -0.15) is 0 Å². The second-order valence-electron chi connectivity index (χ2n) is 7.67. The van der Waals surface area contributed by atoms with Gasteiger partial charge in [-0.1, -0.05) is 24.3 Å². The van der Waals surface area contributed by atoms with Crippen molar-refractivity contribution in [1.29, 1.82) is 0 Å². The van der Waals surface area contributed by atoms with Crippen molar-refractivity contribution in [1.82, 2.24) is 15.5 Å². The van der Waals surface area contributed by atoms with Crippen molar-refractivity contribution in [3.8, 4) is 0 Å². The highest BCUT2D eigenvalue weighted by molar-refractivity contribution is 6.04. The minimum absolute atomic E-state index is 0.0541. The number of carbonyl (C=O) groups excluding carboxylic acids is 3. The lowest BCUT2D eigenvalue weighted by Crippen LogP contribution is -2.53. The van der Waals surface area contributed by atoms with Gasteiger partial charge in [-0.3, -0.25) is 9.59 Å². The number of likely N-dealkylation sites (tertiary alicyclic amines) is 1. The molecule has 2 N–H and O–H groups in total. The number of carbonyl (C=O) groups is 3. The Kier molecular flexibility index (Phi) is 7.43. The standard InChI is InChI=1S/C21H31N3O4/c1-5-28-20(27)24-12-10-17(11-13-24)23-19(26)21(3,4)18(25)22-14-16-9-7-6-8-15(16)2/h6-9,17H,5,10-14H2,1-4H3,(H,22,25)(H,23,26). The zero-order chi connectivity index (χ0) is 20.7. The summed E-state index contributed by atoms with van der Waals surface area (Å²) in [4.78, 5) is 38.7. The molecule has 1 heterocycles. The molecular weight excluding hydrogens is 358 g/mol. The third-order valence-corrected chi connectivity index (χ3v) is 5.19. The first-order chi connectivity index (χ1) is 13.3. The molecule has 2 rings (SSSR count). The normalized spacial score (nSPS) is 15.1. The topological polar surface area (TPSA) is 87.7 Å².